The van der Waals surface area contributed by atoms with Crippen LogP contribution in [-0.4, -0.2) is 12.4 Å². The van der Waals surface area contributed by atoms with Crippen molar-refractivity contribution in [3.63, 3.8) is 0 Å². The van der Waals surface area contributed by atoms with Gasteiger partial charge in [0.15, 0.2) is 0 Å². The molecule has 0 saturated heterocycles. The fourth-order valence-electron chi connectivity index (χ4n) is 1.64. The monoisotopic (exact) mass is 234 g/mol. The SMILES string of the molecule is CCCCc1ccc(OCCCC(C)=O)cc1. The van der Waals surface area contributed by atoms with Crippen LogP contribution in [0.1, 0.15) is 45.1 Å². The minimum absolute atomic E-state index is 0.225. The maximum absolute atomic E-state index is 10.7. The van der Waals surface area contributed by atoms with E-state index < -0.39 is 0 Å². The molecule has 2 nitrogen and oxygen atoms in total. The number of ether oxygens (including phenoxy) is 1. The summed E-state index contributed by atoms with van der Waals surface area (Å²) in [6.45, 7) is 4.43. The highest BCUT2D eigenvalue weighted by atomic mass is 16.5. The van der Waals surface area contributed by atoms with E-state index in [0.717, 1.165) is 18.6 Å². The highest BCUT2D eigenvalue weighted by molar-refractivity contribution is 5.75. The predicted molar refractivity (Wildman–Crippen MR) is 70.5 cm³/mol. The second kappa shape index (κ2) is 7.88. The van der Waals surface area contributed by atoms with Gasteiger partial charge in [-0.2, -0.15) is 0 Å². The lowest BCUT2D eigenvalue weighted by molar-refractivity contribution is -0.117. The van der Waals surface area contributed by atoms with Crippen LogP contribution in [-0.2, 0) is 11.2 Å². The molecule has 0 radical (unpaired) electrons. The summed E-state index contributed by atoms with van der Waals surface area (Å²) in [6.07, 6.45) is 5.00. The van der Waals surface area contributed by atoms with Crippen molar-refractivity contribution in [2.45, 2.75) is 46.0 Å². The molecule has 94 valence electrons. The summed E-state index contributed by atoms with van der Waals surface area (Å²) in [5.41, 5.74) is 1.36. The van der Waals surface area contributed by atoms with E-state index in [1.807, 2.05) is 12.1 Å². The Kier molecular flexibility index (Phi) is 6.38. The molecular formula is C15H22O2. The van der Waals surface area contributed by atoms with Crippen molar-refractivity contribution in [1.29, 1.82) is 0 Å². The van der Waals surface area contributed by atoms with E-state index in [0.29, 0.717) is 13.0 Å². The van der Waals surface area contributed by atoms with Crippen molar-refractivity contribution < 1.29 is 9.53 Å². The van der Waals surface area contributed by atoms with Crippen LogP contribution < -0.4 is 4.74 Å². The Morgan fingerprint density at radius 1 is 1.18 bits per heavy atom. The van der Waals surface area contributed by atoms with Gasteiger partial charge in [-0.3, -0.25) is 0 Å². The van der Waals surface area contributed by atoms with Gasteiger partial charge in [-0.1, -0.05) is 25.5 Å². The molecule has 0 atom stereocenters. The molecule has 0 heterocycles. The summed E-state index contributed by atoms with van der Waals surface area (Å²) < 4.78 is 5.56. The molecule has 0 amide bonds. The topological polar surface area (TPSA) is 26.3 Å². The van der Waals surface area contributed by atoms with Crippen LogP contribution in [0.25, 0.3) is 0 Å². The zero-order chi connectivity index (χ0) is 12.5. The third-order valence-electron chi connectivity index (χ3n) is 2.68. The van der Waals surface area contributed by atoms with Crippen molar-refractivity contribution in [3.8, 4) is 5.75 Å². The molecule has 0 bridgehead atoms. The highest BCUT2D eigenvalue weighted by Gasteiger charge is 1.97. The number of carbonyl (C=O) groups is 1. The van der Waals surface area contributed by atoms with Gasteiger partial charge in [0.25, 0.3) is 0 Å². The van der Waals surface area contributed by atoms with Gasteiger partial charge in [0.2, 0.25) is 0 Å². The van der Waals surface area contributed by atoms with Crippen LogP contribution in [0.4, 0.5) is 0 Å². The normalized spacial score (nSPS) is 10.2. The zero-order valence-corrected chi connectivity index (χ0v) is 10.9. The minimum atomic E-state index is 0.225. The maximum atomic E-state index is 10.7. The van der Waals surface area contributed by atoms with E-state index in [2.05, 4.69) is 19.1 Å². The van der Waals surface area contributed by atoms with Crippen LogP contribution in [0.15, 0.2) is 24.3 Å². The fourth-order valence-corrected chi connectivity index (χ4v) is 1.64. The Morgan fingerprint density at radius 2 is 1.88 bits per heavy atom. The van der Waals surface area contributed by atoms with Gasteiger partial charge in [0.1, 0.15) is 11.5 Å². The third kappa shape index (κ3) is 6.10. The summed E-state index contributed by atoms with van der Waals surface area (Å²) in [7, 11) is 0. The van der Waals surface area contributed by atoms with E-state index in [1.165, 1.54) is 18.4 Å². The molecule has 17 heavy (non-hydrogen) atoms. The van der Waals surface area contributed by atoms with Gasteiger partial charge in [0.05, 0.1) is 6.61 Å². The number of unbranched alkanes of at least 4 members (excludes halogenated alkanes) is 1. The molecule has 0 fully saturated rings. The predicted octanol–water partition coefficient (Wildman–Crippen LogP) is 3.78. The van der Waals surface area contributed by atoms with Gasteiger partial charge in [-0.05, 0) is 43.9 Å². The van der Waals surface area contributed by atoms with Gasteiger partial charge < -0.3 is 9.53 Å². The first-order chi connectivity index (χ1) is 8.22. The minimum Gasteiger partial charge on any atom is -0.494 e. The lowest BCUT2D eigenvalue weighted by Gasteiger charge is -2.06. The van der Waals surface area contributed by atoms with Gasteiger partial charge in [-0.15, -0.1) is 0 Å². The van der Waals surface area contributed by atoms with Gasteiger partial charge in [-0.25, -0.2) is 0 Å². The van der Waals surface area contributed by atoms with Crippen LogP contribution in [0.5, 0.6) is 5.75 Å². The molecule has 0 saturated carbocycles. The molecule has 0 N–H and O–H groups in total. The molecule has 1 rings (SSSR count). The number of carbonyl (C=O) groups excluding carboxylic acids is 1. The quantitative estimate of drug-likeness (QED) is 0.640. The van der Waals surface area contributed by atoms with Crippen molar-refractivity contribution in [1.82, 2.24) is 0 Å². The summed E-state index contributed by atoms with van der Waals surface area (Å²) in [4.78, 5) is 10.7. The van der Waals surface area contributed by atoms with E-state index in [1.54, 1.807) is 6.92 Å². The number of hydrogen-bond acceptors (Lipinski definition) is 2. The number of aryl methyl sites for hydroxylation is 1. The summed E-state index contributed by atoms with van der Waals surface area (Å²) in [5.74, 6) is 1.12. The van der Waals surface area contributed by atoms with Crippen LogP contribution in [0.2, 0.25) is 0 Å². The van der Waals surface area contributed by atoms with Crippen LogP contribution in [0, 0.1) is 0 Å². The summed E-state index contributed by atoms with van der Waals surface area (Å²) >= 11 is 0. The molecule has 0 aliphatic heterocycles. The zero-order valence-electron chi connectivity index (χ0n) is 10.9. The number of benzene rings is 1. The molecule has 0 aliphatic carbocycles. The largest absolute Gasteiger partial charge is 0.494 e. The molecule has 1 aromatic rings. The smallest absolute Gasteiger partial charge is 0.129 e. The Labute approximate surface area is 104 Å². The van der Waals surface area contributed by atoms with Crippen molar-refractivity contribution in [2.24, 2.45) is 0 Å². The van der Waals surface area contributed by atoms with E-state index in [4.69, 9.17) is 4.74 Å². The Hall–Kier alpha value is -1.31. The standard InChI is InChI=1S/C15H22O2/c1-3-4-7-14-8-10-15(11-9-14)17-12-5-6-13(2)16/h8-11H,3-7,12H2,1-2H3. The Morgan fingerprint density at radius 3 is 2.47 bits per heavy atom. The molecule has 0 aliphatic rings. The van der Waals surface area contributed by atoms with Crippen molar-refractivity contribution in [2.75, 3.05) is 6.61 Å². The maximum Gasteiger partial charge on any atom is 0.129 e. The van der Waals surface area contributed by atoms with Crippen LogP contribution in [0.3, 0.4) is 0 Å². The Bertz CT molecular complexity index is 327. The van der Waals surface area contributed by atoms with E-state index in [-0.39, 0.29) is 5.78 Å². The van der Waals surface area contributed by atoms with E-state index in [9.17, 15) is 4.79 Å². The van der Waals surface area contributed by atoms with Crippen molar-refractivity contribution in [3.05, 3.63) is 29.8 Å². The number of hydrogen-bond donors (Lipinski definition) is 0. The van der Waals surface area contributed by atoms with E-state index >= 15 is 0 Å². The average Bonchev–Trinajstić information content (AvgIpc) is 2.33. The third-order valence-corrected chi connectivity index (χ3v) is 2.68. The molecule has 2 heteroatoms. The van der Waals surface area contributed by atoms with Gasteiger partial charge >= 0.3 is 0 Å². The first-order valence-corrected chi connectivity index (χ1v) is 6.43. The van der Waals surface area contributed by atoms with Crippen molar-refractivity contribution >= 4 is 5.78 Å². The first kappa shape index (κ1) is 13.8. The number of ketones is 1. The molecule has 1 aromatic carbocycles. The fraction of sp³-hybridized carbons (Fsp3) is 0.533. The lowest BCUT2D eigenvalue weighted by Crippen LogP contribution is -2.00. The molecule has 0 aromatic heterocycles. The molecule has 0 spiro atoms. The van der Waals surface area contributed by atoms with Crippen LogP contribution >= 0.6 is 0 Å². The lowest BCUT2D eigenvalue weighted by atomic mass is 10.1. The second-order valence-corrected chi connectivity index (χ2v) is 4.40. The highest BCUT2D eigenvalue weighted by Crippen LogP contribution is 2.14. The number of rotatable bonds is 8. The summed E-state index contributed by atoms with van der Waals surface area (Å²) in [6, 6.07) is 8.27. The molecule has 0 unspecified atom stereocenters. The average molecular weight is 234 g/mol. The molecular weight excluding hydrogens is 212 g/mol. The summed E-state index contributed by atoms with van der Waals surface area (Å²) in [5, 5.41) is 0. The second-order valence-electron chi connectivity index (χ2n) is 4.40. The van der Waals surface area contributed by atoms with Gasteiger partial charge in [0, 0.05) is 6.42 Å². The number of Topliss-reactive ketones (excluding diaryl/α,β-unsaturated/α-hetero) is 1. The first-order valence-electron chi connectivity index (χ1n) is 6.43. The Balaban J connectivity index is 2.27.